The fourth-order valence-electron chi connectivity index (χ4n) is 1.51. The van der Waals surface area contributed by atoms with Crippen LogP contribution in [0.25, 0.3) is 0 Å². The molecule has 1 atom stereocenters. The molecule has 8 heteroatoms. The predicted octanol–water partition coefficient (Wildman–Crippen LogP) is 2.25. The van der Waals surface area contributed by atoms with Crippen LogP contribution in [0.2, 0.25) is 5.02 Å². The van der Waals surface area contributed by atoms with Crippen molar-refractivity contribution in [3.8, 4) is 0 Å². The summed E-state index contributed by atoms with van der Waals surface area (Å²) >= 11 is 5.70. The van der Waals surface area contributed by atoms with Gasteiger partial charge in [-0.3, -0.25) is 4.79 Å². The number of alkyl halides is 2. The summed E-state index contributed by atoms with van der Waals surface area (Å²) in [7, 11) is 0. The number of hydrogen-bond acceptors (Lipinski definition) is 2. The van der Waals surface area contributed by atoms with Crippen molar-refractivity contribution in [2.45, 2.75) is 25.3 Å². The van der Waals surface area contributed by atoms with Crippen LogP contribution in [0, 0.1) is 5.82 Å². The van der Waals surface area contributed by atoms with Gasteiger partial charge in [-0.1, -0.05) is 17.7 Å². The lowest BCUT2D eigenvalue weighted by Crippen LogP contribution is -2.42. The van der Waals surface area contributed by atoms with Gasteiger partial charge in [0.15, 0.2) is 0 Å². The van der Waals surface area contributed by atoms with Gasteiger partial charge in [-0.15, -0.1) is 0 Å². The Morgan fingerprint density at radius 2 is 2.00 bits per heavy atom. The van der Waals surface area contributed by atoms with Gasteiger partial charge < -0.3 is 10.4 Å². The number of carboxylic acid groups (broad SMARTS) is 1. The number of carbonyl (C=O) groups is 2. The Bertz CT molecular complexity index is 490. The quantitative estimate of drug-likeness (QED) is 0.847. The van der Waals surface area contributed by atoms with Gasteiger partial charge in [0.25, 0.3) is 0 Å². The van der Waals surface area contributed by atoms with E-state index in [9.17, 15) is 22.8 Å². The minimum absolute atomic E-state index is 0.000819. The number of hydrogen-bond donors (Lipinski definition) is 2. The Hall–Kier alpha value is -1.76. The van der Waals surface area contributed by atoms with Crippen molar-refractivity contribution in [3.63, 3.8) is 0 Å². The smallest absolute Gasteiger partial charge is 0.326 e. The van der Waals surface area contributed by atoms with Gasteiger partial charge in [0.2, 0.25) is 12.3 Å². The summed E-state index contributed by atoms with van der Waals surface area (Å²) in [5.74, 6) is -3.21. The van der Waals surface area contributed by atoms with E-state index in [1.165, 1.54) is 12.1 Å². The van der Waals surface area contributed by atoms with Crippen molar-refractivity contribution in [1.29, 1.82) is 0 Å². The van der Waals surface area contributed by atoms with Crippen LogP contribution in [-0.4, -0.2) is 29.5 Å². The molecule has 4 nitrogen and oxygen atoms in total. The lowest BCUT2D eigenvalue weighted by Gasteiger charge is -2.14. The van der Waals surface area contributed by atoms with Gasteiger partial charge in [0, 0.05) is 17.0 Å². The molecule has 0 heterocycles. The Morgan fingerprint density at radius 1 is 1.35 bits per heavy atom. The van der Waals surface area contributed by atoms with Gasteiger partial charge in [0.1, 0.15) is 11.9 Å². The van der Waals surface area contributed by atoms with Crippen molar-refractivity contribution in [3.05, 3.63) is 34.6 Å². The third-order valence-corrected chi connectivity index (χ3v) is 2.80. The van der Waals surface area contributed by atoms with Crippen LogP contribution < -0.4 is 5.32 Å². The maximum Gasteiger partial charge on any atom is 0.326 e. The van der Waals surface area contributed by atoms with E-state index in [1.807, 2.05) is 5.32 Å². The largest absolute Gasteiger partial charge is 0.480 e. The fourth-order valence-corrected chi connectivity index (χ4v) is 1.74. The topological polar surface area (TPSA) is 66.4 Å². The molecule has 0 saturated carbocycles. The first-order chi connectivity index (χ1) is 9.31. The van der Waals surface area contributed by atoms with Crippen molar-refractivity contribution in [1.82, 2.24) is 5.32 Å². The summed E-state index contributed by atoms with van der Waals surface area (Å²) in [4.78, 5) is 22.3. The average Bonchev–Trinajstić information content (AvgIpc) is 2.32. The molecule has 1 rings (SSSR count). The number of carboxylic acids is 1. The van der Waals surface area contributed by atoms with Gasteiger partial charge in [0.05, 0.1) is 6.42 Å². The molecular formula is C12H11ClF3NO3. The molecule has 1 aromatic rings. The van der Waals surface area contributed by atoms with E-state index in [4.69, 9.17) is 16.7 Å². The molecule has 110 valence electrons. The van der Waals surface area contributed by atoms with Crippen LogP contribution in [0.1, 0.15) is 12.0 Å². The van der Waals surface area contributed by atoms with E-state index in [-0.39, 0.29) is 10.6 Å². The first-order valence-corrected chi connectivity index (χ1v) is 5.92. The van der Waals surface area contributed by atoms with E-state index >= 15 is 0 Å². The van der Waals surface area contributed by atoms with E-state index < -0.39 is 43.0 Å². The van der Waals surface area contributed by atoms with E-state index in [0.29, 0.717) is 0 Å². The number of amides is 1. The Kier molecular flexibility index (Phi) is 5.82. The molecule has 2 N–H and O–H groups in total. The lowest BCUT2D eigenvalue weighted by molar-refractivity contribution is -0.142. The molecular weight excluding hydrogens is 299 g/mol. The van der Waals surface area contributed by atoms with Crippen LogP contribution in [0.5, 0.6) is 0 Å². The maximum atomic E-state index is 13.4. The van der Waals surface area contributed by atoms with Gasteiger partial charge in [-0.05, 0) is 12.1 Å². The van der Waals surface area contributed by atoms with E-state index in [1.54, 1.807) is 0 Å². The minimum Gasteiger partial charge on any atom is -0.480 e. The zero-order valence-electron chi connectivity index (χ0n) is 10.1. The summed E-state index contributed by atoms with van der Waals surface area (Å²) in [6.07, 6.45) is -4.43. The van der Waals surface area contributed by atoms with Crippen LogP contribution >= 0.6 is 11.6 Å². The fraction of sp³-hybridized carbons (Fsp3) is 0.333. The van der Waals surface area contributed by atoms with Crippen LogP contribution in [-0.2, 0) is 16.0 Å². The Labute approximate surface area is 117 Å². The first-order valence-electron chi connectivity index (χ1n) is 5.54. The molecule has 1 unspecified atom stereocenters. The Balaban J connectivity index is 2.73. The third-order valence-electron chi connectivity index (χ3n) is 2.45. The molecule has 0 aliphatic rings. The second kappa shape index (κ2) is 7.14. The molecule has 1 aromatic carbocycles. The number of benzene rings is 1. The number of aliphatic carboxylic acids is 1. The van der Waals surface area contributed by atoms with Crippen molar-refractivity contribution < 1.29 is 27.9 Å². The summed E-state index contributed by atoms with van der Waals surface area (Å²) in [6, 6.07) is 2.06. The van der Waals surface area contributed by atoms with Crippen LogP contribution in [0.15, 0.2) is 18.2 Å². The second-order valence-electron chi connectivity index (χ2n) is 3.96. The number of rotatable bonds is 6. The molecule has 0 saturated heterocycles. The molecule has 0 spiro atoms. The monoisotopic (exact) mass is 309 g/mol. The van der Waals surface area contributed by atoms with E-state index in [2.05, 4.69) is 0 Å². The van der Waals surface area contributed by atoms with Gasteiger partial charge in [-0.2, -0.15) is 0 Å². The third kappa shape index (κ3) is 4.73. The number of halogens is 4. The maximum absolute atomic E-state index is 13.4. The summed E-state index contributed by atoms with van der Waals surface area (Å²) in [5.41, 5.74) is -0.118. The number of carbonyl (C=O) groups excluding carboxylic acids is 1. The minimum atomic E-state index is -2.88. The molecule has 0 fully saturated rings. The highest BCUT2D eigenvalue weighted by Crippen LogP contribution is 2.19. The lowest BCUT2D eigenvalue weighted by atomic mass is 10.1. The van der Waals surface area contributed by atoms with Crippen molar-refractivity contribution in [2.24, 2.45) is 0 Å². The highest BCUT2D eigenvalue weighted by molar-refractivity contribution is 6.31. The zero-order chi connectivity index (χ0) is 15.3. The summed E-state index contributed by atoms with van der Waals surface area (Å²) in [6.45, 7) is 0. The summed E-state index contributed by atoms with van der Waals surface area (Å²) in [5, 5.41) is 10.6. The second-order valence-corrected chi connectivity index (χ2v) is 4.37. The highest BCUT2D eigenvalue weighted by Gasteiger charge is 2.24. The molecule has 0 radical (unpaired) electrons. The highest BCUT2D eigenvalue weighted by atomic mass is 35.5. The zero-order valence-corrected chi connectivity index (χ0v) is 10.8. The molecule has 20 heavy (non-hydrogen) atoms. The van der Waals surface area contributed by atoms with Gasteiger partial charge >= 0.3 is 5.97 Å². The van der Waals surface area contributed by atoms with Crippen molar-refractivity contribution in [2.75, 3.05) is 0 Å². The standard InChI is InChI=1S/C12H11ClF3NO3/c13-7-2-1-3-8(14)6(7)4-11(18)17-9(12(19)20)5-10(15)16/h1-3,9-10H,4-5H2,(H,17,18)(H,19,20). The average molecular weight is 310 g/mol. The molecule has 1 amide bonds. The van der Waals surface area contributed by atoms with Crippen LogP contribution in [0.3, 0.4) is 0 Å². The van der Waals surface area contributed by atoms with Crippen LogP contribution in [0.4, 0.5) is 13.2 Å². The number of nitrogens with one attached hydrogen (secondary N) is 1. The summed E-state index contributed by atoms with van der Waals surface area (Å²) < 4.78 is 37.7. The van der Waals surface area contributed by atoms with E-state index in [0.717, 1.165) is 6.07 Å². The first kappa shape index (κ1) is 16.3. The molecule has 0 aromatic heterocycles. The predicted molar refractivity (Wildman–Crippen MR) is 65.3 cm³/mol. The SMILES string of the molecule is O=C(Cc1c(F)cccc1Cl)NC(CC(F)F)C(=O)O. The molecule has 0 aliphatic carbocycles. The molecule has 0 bridgehead atoms. The normalized spacial score (nSPS) is 12.2. The molecule has 0 aliphatic heterocycles. The van der Waals surface area contributed by atoms with Gasteiger partial charge in [-0.25, -0.2) is 18.0 Å². The Morgan fingerprint density at radius 3 is 2.50 bits per heavy atom. The van der Waals surface area contributed by atoms with Crippen molar-refractivity contribution >= 4 is 23.5 Å².